The topological polar surface area (TPSA) is 227 Å². The summed E-state index contributed by atoms with van der Waals surface area (Å²) in [4.78, 5) is 26.7. The molecule has 0 aliphatic carbocycles. The molecule has 16 heteroatoms. The lowest BCUT2D eigenvalue weighted by Gasteiger charge is -2.40. The van der Waals surface area contributed by atoms with Crippen molar-refractivity contribution in [2.45, 2.75) is 72.2 Å². The molecule has 0 unspecified atom stereocenters. The van der Waals surface area contributed by atoms with E-state index >= 15 is 0 Å². The molecule has 222 valence electrons. The van der Waals surface area contributed by atoms with Crippen LogP contribution in [0.2, 0.25) is 0 Å². The first-order chi connectivity index (χ1) is 18.0. The molecule has 2 aliphatic heterocycles. The van der Waals surface area contributed by atoms with Gasteiger partial charge in [0, 0.05) is 39.3 Å². The van der Waals surface area contributed by atoms with Gasteiger partial charge < -0.3 is 56.5 Å². The van der Waals surface area contributed by atoms with Gasteiger partial charge in [0.1, 0.15) is 24.4 Å². The van der Waals surface area contributed by atoms with Crippen molar-refractivity contribution in [2.24, 2.45) is 5.73 Å². The molecule has 0 saturated carbocycles. The molecule has 2 heterocycles. The number of aliphatic hydroxyl groups excluding tert-OH is 6. The molecule has 2 aliphatic rings. The molecule has 0 aromatic heterocycles. The summed E-state index contributed by atoms with van der Waals surface area (Å²) in [7, 11) is 0. The highest BCUT2D eigenvalue weighted by molar-refractivity contribution is 7.81. The monoisotopic (exact) mass is 586 g/mol. The first kappa shape index (κ1) is 33.4. The van der Waals surface area contributed by atoms with E-state index in [4.69, 9.17) is 15.2 Å². The van der Waals surface area contributed by atoms with E-state index in [2.05, 4.69) is 35.9 Å². The Morgan fingerprint density at radius 2 is 1.11 bits per heavy atom. The van der Waals surface area contributed by atoms with E-state index in [0.29, 0.717) is 26.2 Å². The smallest absolute Gasteiger partial charge is 0.222 e. The van der Waals surface area contributed by atoms with Crippen molar-refractivity contribution in [3.63, 3.8) is 0 Å². The van der Waals surface area contributed by atoms with Gasteiger partial charge in [0.2, 0.25) is 11.8 Å². The SMILES string of the molecule is NCCN(CCNC(=O)C[C@@H]1O[C@H](CO)[C@H](O)[C@H](O)[C@H]1S)CCNC(=O)C[C@@H]1O[C@H](CO)[C@H](O)[C@H](O)[C@H]1S. The largest absolute Gasteiger partial charge is 0.394 e. The number of thiol groups is 2. The lowest BCUT2D eigenvalue weighted by molar-refractivity contribution is -0.178. The van der Waals surface area contributed by atoms with E-state index in [1.807, 2.05) is 4.90 Å². The number of carbonyl (C=O) groups is 2. The number of amides is 2. The van der Waals surface area contributed by atoms with Crippen molar-refractivity contribution in [1.29, 1.82) is 0 Å². The molecule has 14 nitrogen and oxygen atoms in total. The van der Waals surface area contributed by atoms with Gasteiger partial charge in [0.25, 0.3) is 0 Å². The second-order valence-corrected chi connectivity index (χ2v) is 10.7. The van der Waals surface area contributed by atoms with Gasteiger partial charge in [-0.2, -0.15) is 25.3 Å². The standard InChI is InChI=1S/C22H42N4O10S2/c23-1-4-26(5-2-24-15(29)7-11-21(37)19(33)17(31)13(9-27)35-11)6-3-25-16(30)8-12-22(38)20(34)18(32)14(10-28)36-12/h11-14,17-22,27-28,31-34,37-38H,1-10,23H2,(H,24,29)(H,25,30)/t11-,12-,13+,14+,17-,18-,19-,20-,21-,22-/m0/s1. The first-order valence-electron chi connectivity index (χ1n) is 12.6. The maximum atomic E-state index is 12.4. The Labute approximate surface area is 232 Å². The maximum Gasteiger partial charge on any atom is 0.222 e. The summed E-state index contributed by atoms with van der Waals surface area (Å²) >= 11 is 8.47. The highest BCUT2D eigenvalue weighted by Gasteiger charge is 2.44. The van der Waals surface area contributed by atoms with Gasteiger partial charge in [-0.25, -0.2) is 0 Å². The molecule has 2 rings (SSSR count). The predicted octanol–water partition coefficient (Wildman–Crippen LogP) is -5.18. The molecule has 10 N–H and O–H groups in total. The maximum absolute atomic E-state index is 12.4. The minimum Gasteiger partial charge on any atom is -0.394 e. The molecule has 0 radical (unpaired) electrons. The first-order valence-corrected chi connectivity index (χ1v) is 13.6. The number of hydrogen-bond acceptors (Lipinski definition) is 14. The zero-order valence-corrected chi connectivity index (χ0v) is 22.9. The second-order valence-electron chi connectivity index (χ2n) is 9.47. The Balaban J connectivity index is 1.72. The van der Waals surface area contributed by atoms with Gasteiger partial charge >= 0.3 is 0 Å². The predicted molar refractivity (Wildman–Crippen MR) is 142 cm³/mol. The van der Waals surface area contributed by atoms with E-state index in [-0.39, 0.29) is 37.7 Å². The van der Waals surface area contributed by atoms with Crippen LogP contribution in [0.15, 0.2) is 0 Å². The molecule has 2 amide bonds. The van der Waals surface area contributed by atoms with Crippen LogP contribution in [0, 0.1) is 0 Å². The summed E-state index contributed by atoms with van der Waals surface area (Å²) in [6.07, 6.45) is -8.87. The van der Waals surface area contributed by atoms with Gasteiger partial charge in [-0.15, -0.1) is 0 Å². The van der Waals surface area contributed by atoms with E-state index in [9.17, 15) is 40.2 Å². The van der Waals surface area contributed by atoms with Gasteiger partial charge in [0.05, 0.1) is 61.0 Å². The van der Waals surface area contributed by atoms with Crippen molar-refractivity contribution >= 4 is 37.1 Å². The third kappa shape index (κ3) is 9.42. The molecule has 10 atom stereocenters. The van der Waals surface area contributed by atoms with Crippen LogP contribution in [0.4, 0.5) is 0 Å². The Bertz CT molecular complexity index is 684. The van der Waals surface area contributed by atoms with Crippen LogP contribution < -0.4 is 16.4 Å². The Hall–Kier alpha value is -0.760. The summed E-state index contributed by atoms with van der Waals surface area (Å²) in [5.41, 5.74) is 5.68. The summed E-state index contributed by atoms with van der Waals surface area (Å²) in [5.74, 6) is -0.699. The van der Waals surface area contributed by atoms with Crippen LogP contribution in [-0.2, 0) is 19.1 Å². The van der Waals surface area contributed by atoms with Crippen LogP contribution in [0.25, 0.3) is 0 Å². The van der Waals surface area contributed by atoms with Gasteiger partial charge in [0.15, 0.2) is 0 Å². The number of ether oxygens (including phenoxy) is 2. The minimum atomic E-state index is -1.29. The van der Waals surface area contributed by atoms with Gasteiger partial charge in [-0.1, -0.05) is 0 Å². The highest BCUT2D eigenvalue weighted by atomic mass is 32.1. The third-order valence-electron chi connectivity index (χ3n) is 6.70. The second kappa shape index (κ2) is 16.5. The fourth-order valence-corrected chi connectivity index (χ4v) is 5.13. The van der Waals surface area contributed by atoms with Crippen molar-refractivity contribution in [1.82, 2.24) is 15.5 Å². The van der Waals surface area contributed by atoms with E-state index < -0.39 is 72.5 Å². The molecular formula is C22H42N4O10S2. The number of rotatable bonds is 14. The van der Waals surface area contributed by atoms with Crippen molar-refractivity contribution in [2.75, 3.05) is 52.5 Å². The summed E-state index contributed by atoms with van der Waals surface area (Å²) < 4.78 is 11.0. The molecular weight excluding hydrogens is 544 g/mol. The number of carbonyl (C=O) groups excluding carboxylic acids is 2. The number of nitrogens with zero attached hydrogens (tertiary/aromatic N) is 1. The summed E-state index contributed by atoms with van der Waals surface area (Å²) in [5, 5.41) is 62.5. The minimum absolute atomic E-state index is 0.111. The summed E-state index contributed by atoms with van der Waals surface area (Å²) in [6.45, 7) is 1.34. The summed E-state index contributed by atoms with van der Waals surface area (Å²) in [6, 6.07) is 0. The molecule has 2 fully saturated rings. The van der Waals surface area contributed by atoms with Crippen molar-refractivity contribution < 1.29 is 49.7 Å². The van der Waals surface area contributed by atoms with Gasteiger partial charge in [-0.05, 0) is 0 Å². The number of aliphatic hydroxyl groups is 6. The van der Waals surface area contributed by atoms with Crippen LogP contribution in [0.1, 0.15) is 12.8 Å². The molecule has 38 heavy (non-hydrogen) atoms. The average Bonchev–Trinajstić information content (AvgIpc) is 2.89. The molecule has 0 aromatic rings. The Morgan fingerprint density at radius 3 is 1.45 bits per heavy atom. The number of nitrogens with two attached hydrogens (primary N) is 1. The van der Waals surface area contributed by atoms with Crippen molar-refractivity contribution in [3.05, 3.63) is 0 Å². The molecule has 0 spiro atoms. The van der Waals surface area contributed by atoms with Crippen molar-refractivity contribution in [3.8, 4) is 0 Å². The zero-order chi connectivity index (χ0) is 28.4. The van der Waals surface area contributed by atoms with E-state index in [1.165, 1.54) is 0 Å². The lowest BCUT2D eigenvalue weighted by Crippen LogP contribution is -2.57. The normalized spacial score (nSPS) is 35.7. The van der Waals surface area contributed by atoms with E-state index in [1.54, 1.807) is 0 Å². The Kier molecular flexibility index (Phi) is 14.5. The fraction of sp³-hybridized carbons (Fsp3) is 0.909. The lowest BCUT2D eigenvalue weighted by atomic mass is 9.95. The highest BCUT2D eigenvalue weighted by Crippen LogP contribution is 2.27. The quantitative estimate of drug-likeness (QED) is 0.0859. The van der Waals surface area contributed by atoms with E-state index in [0.717, 1.165) is 0 Å². The molecule has 0 aromatic carbocycles. The third-order valence-corrected chi connectivity index (χ3v) is 7.98. The zero-order valence-electron chi connectivity index (χ0n) is 21.1. The van der Waals surface area contributed by atoms with Crippen LogP contribution >= 0.6 is 25.3 Å². The molecule has 0 bridgehead atoms. The van der Waals surface area contributed by atoms with Crippen LogP contribution in [0.3, 0.4) is 0 Å². The van der Waals surface area contributed by atoms with Crippen LogP contribution in [-0.4, -0.2) is 159 Å². The van der Waals surface area contributed by atoms with Gasteiger partial charge in [-0.3, -0.25) is 14.5 Å². The number of nitrogens with one attached hydrogen (secondary N) is 2. The number of hydrogen-bond donors (Lipinski definition) is 11. The average molecular weight is 587 g/mol. The molecule has 2 saturated heterocycles. The van der Waals surface area contributed by atoms with Crippen LogP contribution in [0.5, 0.6) is 0 Å². The Morgan fingerprint density at radius 1 is 0.711 bits per heavy atom. The fourth-order valence-electron chi connectivity index (χ4n) is 4.43.